The third-order valence-corrected chi connectivity index (χ3v) is 6.25. The first-order valence-electron chi connectivity index (χ1n) is 9.98. The van der Waals surface area contributed by atoms with Crippen LogP contribution in [0.2, 0.25) is 0 Å². The summed E-state index contributed by atoms with van der Waals surface area (Å²) >= 11 is 0. The van der Waals surface area contributed by atoms with E-state index in [-0.39, 0.29) is 11.8 Å². The van der Waals surface area contributed by atoms with Gasteiger partial charge in [-0.2, -0.15) is 0 Å². The second-order valence-electron chi connectivity index (χ2n) is 7.99. The molecule has 1 aromatic heterocycles. The molecule has 0 radical (unpaired) electrons. The van der Waals surface area contributed by atoms with E-state index in [4.69, 9.17) is 4.74 Å². The molecule has 2 aromatic rings. The molecule has 4 heterocycles. The number of ether oxygens (including phenoxy) is 1. The molecule has 5 rings (SSSR count). The van der Waals surface area contributed by atoms with E-state index in [2.05, 4.69) is 9.97 Å². The molecule has 9 heteroatoms. The SMILES string of the molecule is O=C(c1cncnc1)N1CCC2(CC1)OC1CCC(c3cc(F)cc(F)c3)N1C2=O. The lowest BCUT2D eigenvalue weighted by molar-refractivity contribution is -0.142. The van der Waals surface area contributed by atoms with Gasteiger partial charge in [0.2, 0.25) is 0 Å². The van der Waals surface area contributed by atoms with E-state index in [1.165, 1.54) is 30.9 Å². The Morgan fingerprint density at radius 3 is 2.40 bits per heavy atom. The van der Waals surface area contributed by atoms with Crippen LogP contribution in [-0.4, -0.2) is 56.5 Å². The fourth-order valence-corrected chi connectivity index (χ4v) is 4.80. The topological polar surface area (TPSA) is 75.6 Å². The molecule has 156 valence electrons. The van der Waals surface area contributed by atoms with E-state index in [9.17, 15) is 18.4 Å². The summed E-state index contributed by atoms with van der Waals surface area (Å²) in [7, 11) is 0. The summed E-state index contributed by atoms with van der Waals surface area (Å²) in [6.07, 6.45) is 5.85. The summed E-state index contributed by atoms with van der Waals surface area (Å²) in [5.41, 5.74) is -0.138. The van der Waals surface area contributed by atoms with Crippen LogP contribution in [0.3, 0.4) is 0 Å². The van der Waals surface area contributed by atoms with Crippen molar-refractivity contribution in [2.24, 2.45) is 0 Å². The second kappa shape index (κ2) is 7.09. The van der Waals surface area contributed by atoms with Gasteiger partial charge in [-0.05, 0) is 30.5 Å². The van der Waals surface area contributed by atoms with Gasteiger partial charge in [-0.25, -0.2) is 18.7 Å². The Hall–Kier alpha value is -2.94. The maximum Gasteiger partial charge on any atom is 0.257 e. The minimum absolute atomic E-state index is 0.158. The lowest BCUT2D eigenvalue weighted by Gasteiger charge is -2.37. The van der Waals surface area contributed by atoms with Crippen molar-refractivity contribution in [3.05, 3.63) is 59.7 Å². The average molecular weight is 414 g/mol. The molecular formula is C21H20F2N4O3. The zero-order valence-electron chi connectivity index (χ0n) is 16.1. The fraction of sp³-hybridized carbons (Fsp3) is 0.429. The normalized spacial score (nSPS) is 25.1. The van der Waals surface area contributed by atoms with Gasteiger partial charge < -0.3 is 14.5 Å². The molecule has 2 unspecified atom stereocenters. The van der Waals surface area contributed by atoms with Crippen LogP contribution in [0.1, 0.15) is 47.6 Å². The average Bonchev–Trinajstić information content (AvgIpc) is 3.26. The molecule has 3 fully saturated rings. The smallest absolute Gasteiger partial charge is 0.257 e. The predicted molar refractivity (Wildman–Crippen MR) is 100.0 cm³/mol. The lowest BCUT2D eigenvalue weighted by atomic mass is 9.89. The third kappa shape index (κ3) is 3.04. The number of amides is 2. The number of aromatic nitrogens is 2. The van der Waals surface area contributed by atoms with E-state index >= 15 is 0 Å². The van der Waals surface area contributed by atoms with Crippen LogP contribution in [0, 0.1) is 11.6 Å². The van der Waals surface area contributed by atoms with E-state index in [0.29, 0.717) is 49.9 Å². The molecule has 3 saturated heterocycles. The van der Waals surface area contributed by atoms with Gasteiger partial charge in [0.15, 0.2) is 5.60 Å². The first kappa shape index (κ1) is 19.0. The number of piperidine rings is 1. The predicted octanol–water partition coefficient (Wildman–Crippen LogP) is 2.45. The standard InChI is InChI=1S/C21H20F2N4O3/c22-15-7-13(8-16(23)9-15)17-1-2-18-27(17)20(29)21(30-18)3-5-26(6-4-21)19(28)14-10-24-12-25-11-14/h7-12,17-18H,1-6H2. The van der Waals surface area contributed by atoms with Gasteiger partial charge in [-0.15, -0.1) is 0 Å². The summed E-state index contributed by atoms with van der Waals surface area (Å²) in [5, 5.41) is 0. The van der Waals surface area contributed by atoms with Crippen LogP contribution in [0.4, 0.5) is 8.78 Å². The lowest BCUT2D eigenvalue weighted by Crippen LogP contribution is -2.51. The highest BCUT2D eigenvalue weighted by molar-refractivity contribution is 5.94. The number of likely N-dealkylation sites (tertiary alicyclic amines) is 1. The Morgan fingerprint density at radius 2 is 1.73 bits per heavy atom. The number of nitrogens with zero attached hydrogens (tertiary/aromatic N) is 4. The highest BCUT2D eigenvalue weighted by Gasteiger charge is 2.58. The molecule has 3 aliphatic heterocycles. The first-order chi connectivity index (χ1) is 14.5. The Balaban J connectivity index is 1.32. The number of fused-ring (bicyclic) bond motifs is 1. The Labute approximate surface area is 171 Å². The summed E-state index contributed by atoms with van der Waals surface area (Å²) in [4.78, 5) is 37.0. The number of hydrogen-bond acceptors (Lipinski definition) is 5. The number of carbonyl (C=O) groups is 2. The van der Waals surface area contributed by atoms with Gasteiger partial charge >= 0.3 is 0 Å². The zero-order valence-corrected chi connectivity index (χ0v) is 16.1. The maximum atomic E-state index is 13.7. The Kier molecular flexibility index (Phi) is 4.50. The van der Waals surface area contributed by atoms with Crippen molar-refractivity contribution in [3.63, 3.8) is 0 Å². The van der Waals surface area contributed by atoms with Crippen molar-refractivity contribution in [2.45, 2.75) is 43.6 Å². The molecule has 0 bridgehead atoms. The summed E-state index contributed by atoms with van der Waals surface area (Å²) in [6.45, 7) is 0.749. The van der Waals surface area contributed by atoms with E-state index in [0.717, 1.165) is 6.07 Å². The number of hydrogen-bond donors (Lipinski definition) is 0. The monoisotopic (exact) mass is 414 g/mol. The molecular weight excluding hydrogens is 394 g/mol. The summed E-state index contributed by atoms with van der Waals surface area (Å²) in [5.74, 6) is -1.65. The van der Waals surface area contributed by atoms with Crippen LogP contribution in [0.5, 0.6) is 0 Å². The molecule has 7 nitrogen and oxygen atoms in total. The van der Waals surface area contributed by atoms with Crippen LogP contribution in [0.15, 0.2) is 36.9 Å². The molecule has 1 spiro atoms. The molecule has 0 saturated carbocycles. The fourth-order valence-electron chi connectivity index (χ4n) is 4.80. The van der Waals surface area contributed by atoms with Crippen LogP contribution in [0.25, 0.3) is 0 Å². The minimum Gasteiger partial charge on any atom is -0.342 e. The minimum atomic E-state index is -0.987. The zero-order chi connectivity index (χ0) is 20.9. The van der Waals surface area contributed by atoms with Gasteiger partial charge in [0.1, 0.15) is 24.2 Å². The van der Waals surface area contributed by atoms with Gasteiger partial charge in [-0.1, -0.05) is 0 Å². The van der Waals surface area contributed by atoms with Crippen molar-refractivity contribution in [2.75, 3.05) is 13.1 Å². The highest BCUT2D eigenvalue weighted by Crippen LogP contribution is 2.47. The van der Waals surface area contributed by atoms with Gasteiger partial charge in [0.25, 0.3) is 11.8 Å². The van der Waals surface area contributed by atoms with Gasteiger partial charge in [0, 0.05) is 44.4 Å². The summed E-state index contributed by atoms with van der Waals surface area (Å²) < 4.78 is 33.6. The summed E-state index contributed by atoms with van der Waals surface area (Å²) in [6, 6.07) is 2.97. The second-order valence-corrected chi connectivity index (χ2v) is 7.99. The molecule has 2 atom stereocenters. The number of rotatable bonds is 2. The van der Waals surface area contributed by atoms with Gasteiger partial charge in [0.05, 0.1) is 11.6 Å². The van der Waals surface area contributed by atoms with E-state index in [1.807, 2.05) is 0 Å². The number of halogens is 2. The van der Waals surface area contributed by atoms with Crippen molar-refractivity contribution in [1.82, 2.24) is 19.8 Å². The van der Waals surface area contributed by atoms with Gasteiger partial charge in [-0.3, -0.25) is 9.59 Å². The van der Waals surface area contributed by atoms with Crippen LogP contribution >= 0.6 is 0 Å². The molecule has 30 heavy (non-hydrogen) atoms. The van der Waals surface area contributed by atoms with Crippen LogP contribution < -0.4 is 0 Å². The quantitative estimate of drug-likeness (QED) is 0.755. The van der Waals surface area contributed by atoms with E-state index < -0.39 is 29.5 Å². The van der Waals surface area contributed by atoms with Crippen molar-refractivity contribution in [1.29, 1.82) is 0 Å². The number of carbonyl (C=O) groups excluding carboxylic acids is 2. The van der Waals surface area contributed by atoms with Crippen molar-refractivity contribution < 1.29 is 23.1 Å². The van der Waals surface area contributed by atoms with E-state index in [1.54, 1.807) is 9.80 Å². The molecule has 0 aliphatic carbocycles. The van der Waals surface area contributed by atoms with Crippen molar-refractivity contribution in [3.8, 4) is 0 Å². The molecule has 1 aromatic carbocycles. The number of benzene rings is 1. The molecule has 2 amide bonds. The maximum absolute atomic E-state index is 13.7. The Bertz CT molecular complexity index is 975. The van der Waals surface area contributed by atoms with Crippen molar-refractivity contribution >= 4 is 11.8 Å². The Morgan fingerprint density at radius 1 is 1.07 bits per heavy atom. The third-order valence-electron chi connectivity index (χ3n) is 6.25. The highest BCUT2D eigenvalue weighted by atomic mass is 19.1. The first-order valence-corrected chi connectivity index (χ1v) is 9.98. The molecule has 0 N–H and O–H groups in total. The molecule has 3 aliphatic rings. The van der Waals surface area contributed by atoms with Crippen LogP contribution in [-0.2, 0) is 9.53 Å². The largest absolute Gasteiger partial charge is 0.342 e.